The molecule has 1 saturated heterocycles. The van der Waals surface area contributed by atoms with Crippen molar-refractivity contribution >= 4 is 5.91 Å². The van der Waals surface area contributed by atoms with Crippen LogP contribution < -0.4 is 5.32 Å². The summed E-state index contributed by atoms with van der Waals surface area (Å²) in [4.78, 5) is 17.8. The quantitative estimate of drug-likeness (QED) is 0.919. The van der Waals surface area contributed by atoms with Crippen LogP contribution >= 0.6 is 0 Å². The van der Waals surface area contributed by atoms with Crippen LogP contribution in [0.25, 0.3) is 0 Å². The molecule has 22 heavy (non-hydrogen) atoms. The predicted molar refractivity (Wildman–Crippen MR) is 84.9 cm³/mol. The minimum atomic E-state index is -0.240. The summed E-state index contributed by atoms with van der Waals surface area (Å²) >= 11 is 0. The maximum atomic E-state index is 12.5. The van der Waals surface area contributed by atoms with E-state index in [1.165, 1.54) is 10.6 Å². The van der Waals surface area contributed by atoms with E-state index in [2.05, 4.69) is 17.4 Å². The molecule has 2 atom stereocenters. The van der Waals surface area contributed by atoms with Crippen LogP contribution in [0.3, 0.4) is 0 Å². The molecule has 0 bridgehead atoms. The number of carbonyl (C=O) groups excluding carboxylic acids is 1. The molecule has 0 saturated carbocycles. The van der Waals surface area contributed by atoms with Crippen molar-refractivity contribution in [2.45, 2.75) is 25.0 Å². The van der Waals surface area contributed by atoms with Gasteiger partial charge in [0.25, 0.3) is 5.91 Å². The highest BCUT2D eigenvalue weighted by molar-refractivity contribution is 5.83. The van der Waals surface area contributed by atoms with Crippen molar-refractivity contribution in [2.24, 2.45) is 0 Å². The van der Waals surface area contributed by atoms with E-state index in [-0.39, 0.29) is 18.1 Å². The van der Waals surface area contributed by atoms with E-state index in [9.17, 15) is 4.79 Å². The van der Waals surface area contributed by atoms with E-state index in [0.717, 1.165) is 12.0 Å². The SMILES string of the molecule is CON1C(=O)[C@H](Cc2ccccc2)N[C@H]1Cc1ccccc1. The van der Waals surface area contributed by atoms with Crippen molar-refractivity contribution in [1.29, 1.82) is 0 Å². The Bertz CT molecular complexity index is 615. The normalized spacial score (nSPS) is 21.3. The van der Waals surface area contributed by atoms with Crippen LogP contribution in [0.2, 0.25) is 0 Å². The third kappa shape index (κ3) is 3.18. The van der Waals surface area contributed by atoms with Gasteiger partial charge in [-0.15, -0.1) is 0 Å². The van der Waals surface area contributed by atoms with Crippen LogP contribution in [-0.4, -0.2) is 30.3 Å². The van der Waals surface area contributed by atoms with Gasteiger partial charge in [-0.25, -0.2) is 5.06 Å². The first-order valence-corrected chi connectivity index (χ1v) is 7.49. The number of nitrogens with zero attached hydrogens (tertiary/aromatic N) is 1. The number of rotatable bonds is 5. The molecule has 1 aliphatic heterocycles. The van der Waals surface area contributed by atoms with Gasteiger partial charge < -0.3 is 0 Å². The molecule has 4 heteroatoms. The molecule has 0 aliphatic carbocycles. The van der Waals surface area contributed by atoms with E-state index >= 15 is 0 Å². The van der Waals surface area contributed by atoms with Gasteiger partial charge in [0.15, 0.2) is 0 Å². The van der Waals surface area contributed by atoms with Crippen LogP contribution in [0.15, 0.2) is 60.7 Å². The Morgan fingerprint density at radius 2 is 1.50 bits per heavy atom. The monoisotopic (exact) mass is 296 g/mol. The number of amides is 1. The fraction of sp³-hybridized carbons (Fsp3) is 0.278. The highest BCUT2D eigenvalue weighted by atomic mass is 16.7. The lowest BCUT2D eigenvalue weighted by Crippen LogP contribution is -2.38. The number of hydrogen-bond donors (Lipinski definition) is 1. The van der Waals surface area contributed by atoms with Gasteiger partial charge in [-0.1, -0.05) is 60.7 Å². The van der Waals surface area contributed by atoms with Crippen molar-refractivity contribution < 1.29 is 9.63 Å². The highest BCUT2D eigenvalue weighted by Crippen LogP contribution is 2.18. The summed E-state index contributed by atoms with van der Waals surface area (Å²) in [5, 5.41) is 4.85. The molecule has 4 nitrogen and oxygen atoms in total. The van der Waals surface area contributed by atoms with Gasteiger partial charge in [0.05, 0.1) is 13.2 Å². The van der Waals surface area contributed by atoms with Crippen LogP contribution in [0, 0.1) is 0 Å². The van der Waals surface area contributed by atoms with Gasteiger partial charge in [0, 0.05) is 6.42 Å². The summed E-state index contributed by atoms with van der Waals surface area (Å²) in [5.74, 6) is -0.00714. The number of hydroxylamine groups is 2. The smallest absolute Gasteiger partial charge is 0.265 e. The average molecular weight is 296 g/mol. The highest BCUT2D eigenvalue weighted by Gasteiger charge is 2.39. The van der Waals surface area contributed by atoms with Crippen molar-refractivity contribution in [3.05, 3.63) is 71.8 Å². The Morgan fingerprint density at radius 3 is 2.05 bits per heavy atom. The molecule has 0 aromatic heterocycles. The van der Waals surface area contributed by atoms with Crippen LogP contribution in [0.1, 0.15) is 11.1 Å². The van der Waals surface area contributed by atoms with E-state index in [4.69, 9.17) is 4.84 Å². The van der Waals surface area contributed by atoms with Crippen LogP contribution in [-0.2, 0) is 22.5 Å². The van der Waals surface area contributed by atoms with Crippen LogP contribution in [0.5, 0.6) is 0 Å². The Hall–Kier alpha value is -2.17. The molecule has 1 aliphatic rings. The lowest BCUT2D eigenvalue weighted by Gasteiger charge is -2.21. The molecule has 1 N–H and O–H groups in total. The molecule has 0 unspecified atom stereocenters. The maximum absolute atomic E-state index is 12.5. The van der Waals surface area contributed by atoms with Crippen molar-refractivity contribution in [3.8, 4) is 0 Å². The number of hydrogen-bond acceptors (Lipinski definition) is 3. The Morgan fingerprint density at radius 1 is 0.955 bits per heavy atom. The largest absolute Gasteiger partial charge is 0.283 e. The minimum Gasteiger partial charge on any atom is -0.283 e. The summed E-state index contributed by atoms with van der Waals surface area (Å²) in [6.07, 6.45) is 1.27. The first-order chi connectivity index (χ1) is 10.8. The third-order valence-corrected chi connectivity index (χ3v) is 3.94. The molecule has 0 spiro atoms. The van der Waals surface area contributed by atoms with Crippen LogP contribution in [0.4, 0.5) is 0 Å². The maximum Gasteiger partial charge on any atom is 0.265 e. The Balaban J connectivity index is 1.71. The second-order valence-electron chi connectivity index (χ2n) is 5.46. The summed E-state index contributed by atoms with van der Waals surface area (Å²) in [7, 11) is 1.54. The minimum absolute atomic E-state index is 0.00714. The van der Waals surface area contributed by atoms with E-state index in [1.54, 1.807) is 7.11 Å². The van der Waals surface area contributed by atoms with Gasteiger partial charge in [-0.05, 0) is 17.5 Å². The molecule has 1 heterocycles. The molecule has 2 aromatic carbocycles. The van der Waals surface area contributed by atoms with E-state index in [0.29, 0.717) is 6.42 Å². The van der Waals surface area contributed by atoms with Crippen molar-refractivity contribution in [3.63, 3.8) is 0 Å². The fourth-order valence-electron chi connectivity index (χ4n) is 2.87. The average Bonchev–Trinajstić information content (AvgIpc) is 2.84. The molecule has 1 fully saturated rings. The lowest BCUT2D eigenvalue weighted by molar-refractivity contribution is -0.178. The topological polar surface area (TPSA) is 41.6 Å². The van der Waals surface area contributed by atoms with E-state index in [1.807, 2.05) is 48.5 Å². The second kappa shape index (κ2) is 6.73. The number of carbonyl (C=O) groups is 1. The summed E-state index contributed by atoms with van der Waals surface area (Å²) in [6.45, 7) is 0. The molecule has 2 aromatic rings. The molecular weight excluding hydrogens is 276 g/mol. The zero-order valence-corrected chi connectivity index (χ0v) is 12.6. The number of nitrogens with one attached hydrogen (secondary N) is 1. The Labute approximate surface area is 130 Å². The standard InChI is InChI=1S/C18H20N2O2/c1-22-20-17(13-15-10-6-3-7-11-15)19-16(18(20)21)12-14-8-4-2-5-9-14/h2-11,16-17,19H,12-13H2,1H3/t16-,17+/m0/s1. The number of benzene rings is 2. The molecule has 3 rings (SSSR count). The fourth-order valence-corrected chi connectivity index (χ4v) is 2.87. The van der Waals surface area contributed by atoms with Crippen molar-refractivity contribution in [1.82, 2.24) is 10.4 Å². The predicted octanol–water partition coefficient (Wildman–Crippen LogP) is 2.16. The second-order valence-corrected chi connectivity index (χ2v) is 5.46. The van der Waals surface area contributed by atoms with Gasteiger partial charge in [0.2, 0.25) is 0 Å². The summed E-state index contributed by atoms with van der Waals surface area (Å²) in [5.41, 5.74) is 2.32. The molecule has 114 valence electrons. The van der Waals surface area contributed by atoms with Gasteiger partial charge in [-0.2, -0.15) is 0 Å². The van der Waals surface area contributed by atoms with Gasteiger partial charge in [0.1, 0.15) is 6.17 Å². The van der Waals surface area contributed by atoms with Crippen molar-refractivity contribution in [2.75, 3.05) is 7.11 Å². The van der Waals surface area contributed by atoms with E-state index < -0.39 is 0 Å². The Kier molecular flexibility index (Phi) is 4.51. The first kappa shape index (κ1) is 14.8. The van der Waals surface area contributed by atoms with Gasteiger partial charge >= 0.3 is 0 Å². The lowest BCUT2D eigenvalue weighted by atomic mass is 10.1. The molecule has 0 radical (unpaired) electrons. The summed E-state index contributed by atoms with van der Waals surface area (Å²) in [6, 6.07) is 19.9. The zero-order valence-electron chi connectivity index (χ0n) is 12.6. The van der Waals surface area contributed by atoms with Gasteiger partial charge in [-0.3, -0.25) is 14.9 Å². The molecule has 1 amide bonds. The summed E-state index contributed by atoms with van der Waals surface area (Å²) < 4.78 is 0. The molecular formula is C18H20N2O2. The third-order valence-electron chi connectivity index (χ3n) is 3.94. The first-order valence-electron chi connectivity index (χ1n) is 7.49. The zero-order chi connectivity index (χ0) is 15.4.